The second-order valence-corrected chi connectivity index (χ2v) is 6.35. The second kappa shape index (κ2) is 9.74. The Labute approximate surface area is 162 Å². The molecule has 4 N–H and O–H groups in total. The Hall–Kier alpha value is -2.64. The number of hydrogen-bond acceptors (Lipinski definition) is 3. The van der Waals surface area contributed by atoms with Gasteiger partial charge in [0, 0.05) is 17.6 Å². The zero-order valence-electron chi connectivity index (χ0n) is 14.1. The van der Waals surface area contributed by atoms with E-state index in [0.29, 0.717) is 10.7 Å². The minimum atomic E-state index is -0.426. The summed E-state index contributed by atoms with van der Waals surface area (Å²) in [4.78, 5) is 23.6. The van der Waals surface area contributed by atoms with Crippen molar-refractivity contribution in [2.24, 2.45) is 0 Å². The van der Waals surface area contributed by atoms with Crippen LogP contribution in [0.1, 0.15) is 24.9 Å². The molecule has 1 atom stereocenters. The molecule has 0 radical (unpaired) electrons. The normalized spacial score (nSPS) is 11.2. The van der Waals surface area contributed by atoms with Crippen molar-refractivity contribution in [3.63, 3.8) is 0 Å². The van der Waals surface area contributed by atoms with Gasteiger partial charge >= 0.3 is 0 Å². The van der Waals surface area contributed by atoms with Gasteiger partial charge in [0.15, 0.2) is 5.11 Å². The van der Waals surface area contributed by atoms with Crippen LogP contribution in [0.25, 0.3) is 0 Å². The predicted octanol–water partition coefficient (Wildman–Crippen LogP) is 2.93. The summed E-state index contributed by atoms with van der Waals surface area (Å²) in [5, 5.41) is 6.47. The summed E-state index contributed by atoms with van der Waals surface area (Å²) in [6.07, 6.45) is 0.0658. The van der Waals surface area contributed by atoms with Crippen molar-refractivity contribution in [2.45, 2.75) is 19.4 Å². The first-order valence-corrected chi connectivity index (χ1v) is 8.66. The number of hydrogen-bond donors (Lipinski definition) is 4. The van der Waals surface area contributed by atoms with Gasteiger partial charge in [-0.1, -0.05) is 48.0 Å². The second-order valence-electron chi connectivity index (χ2n) is 5.51. The number of halogens is 1. The van der Waals surface area contributed by atoms with Gasteiger partial charge in [-0.3, -0.25) is 20.4 Å². The van der Waals surface area contributed by atoms with Gasteiger partial charge in [0.1, 0.15) is 0 Å². The van der Waals surface area contributed by atoms with Gasteiger partial charge in [-0.15, -0.1) is 0 Å². The van der Waals surface area contributed by atoms with Gasteiger partial charge in [-0.25, -0.2) is 0 Å². The smallest absolute Gasteiger partial charge is 0.240 e. The maximum absolute atomic E-state index is 12.2. The Balaban J connectivity index is 1.87. The van der Waals surface area contributed by atoms with Gasteiger partial charge in [-0.2, -0.15) is 0 Å². The number of amides is 2. The number of benzene rings is 2. The molecule has 0 aliphatic carbocycles. The van der Waals surface area contributed by atoms with Gasteiger partial charge in [0.2, 0.25) is 11.8 Å². The van der Waals surface area contributed by atoms with Crippen molar-refractivity contribution in [1.29, 1.82) is 0 Å². The first-order chi connectivity index (χ1) is 12.4. The average molecular weight is 391 g/mol. The van der Waals surface area contributed by atoms with Crippen LogP contribution in [0.4, 0.5) is 5.69 Å². The Bertz CT molecular complexity index is 786. The van der Waals surface area contributed by atoms with Crippen molar-refractivity contribution in [3.05, 3.63) is 65.2 Å². The fourth-order valence-corrected chi connectivity index (χ4v) is 2.63. The number of carbonyl (C=O) groups excluding carboxylic acids is 2. The van der Waals surface area contributed by atoms with Crippen molar-refractivity contribution in [1.82, 2.24) is 16.2 Å². The molecule has 0 unspecified atom stereocenters. The largest absolute Gasteiger partial charge is 0.349 e. The fourth-order valence-electron chi connectivity index (χ4n) is 2.27. The molecule has 2 rings (SSSR count). The summed E-state index contributed by atoms with van der Waals surface area (Å²) < 4.78 is 0. The molecule has 0 saturated heterocycles. The van der Waals surface area contributed by atoms with Crippen LogP contribution >= 0.6 is 23.8 Å². The van der Waals surface area contributed by atoms with Gasteiger partial charge in [0.25, 0.3) is 0 Å². The van der Waals surface area contributed by atoms with Gasteiger partial charge < -0.3 is 10.6 Å². The minimum absolute atomic E-state index is 0.0658. The molecule has 0 aliphatic rings. The number of carbonyl (C=O) groups is 2. The third-order valence-electron chi connectivity index (χ3n) is 3.37. The van der Waals surface area contributed by atoms with E-state index in [1.54, 1.807) is 24.3 Å². The van der Waals surface area contributed by atoms with E-state index in [0.717, 1.165) is 5.56 Å². The van der Waals surface area contributed by atoms with Crippen LogP contribution in [0.2, 0.25) is 5.02 Å². The molecule has 0 saturated carbocycles. The number of rotatable bonds is 5. The molecule has 136 valence electrons. The highest BCUT2D eigenvalue weighted by Gasteiger charge is 2.17. The van der Waals surface area contributed by atoms with E-state index < -0.39 is 6.04 Å². The van der Waals surface area contributed by atoms with Crippen LogP contribution in [-0.4, -0.2) is 16.9 Å². The molecule has 2 aromatic carbocycles. The topological polar surface area (TPSA) is 82.3 Å². The van der Waals surface area contributed by atoms with Crippen molar-refractivity contribution < 1.29 is 9.59 Å². The lowest BCUT2D eigenvalue weighted by atomic mass is 10.0. The van der Waals surface area contributed by atoms with E-state index in [2.05, 4.69) is 21.5 Å². The fraction of sp³-hybridized carbons (Fsp3) is 0.167. The number of nitrogens with one attached hydrogen (secondary N) is 4. The van der Waals surface area contributed by atoms with E-state index in [1.165, 1.54) is 6.92 Å². The predicted molar refractivity (Wildman–Crippen MR) is 107 cm³/mol. The van der Waals surface area contributed by atoms with Crippen LogP contribution in [0, 0.1) is 0 Å². The molecule has 0 aliphatic heterocycles. The molecule has 8 heteroatoms. The maximum Gasteiger partial charge on any atom is 0.240 e. The van der Waals surface area contributed by atoms with E-state index >= 15 is 0 Å². The van der Waals surface area contributed by atoms with E-state index in [4.69, 9.17) is 23.8 Å². The molecule has 0 aromatic heterocycles. The van der Waals surface area contributed by atoms with E-state index in [1.807, 2.05) is 30.3 Å². The molecule has 0 fully saturated rings. The maximum atomic E-state index is 12.2. The molecule has 6 nitrogen and oxygen atoms in total. The summed E-state index contributed by atoms with van der Waals surface area (Å²) in [6, 6.07) is 15.9. The minimum Gasteiger partial charge on any atom is -0.349 e. The summed E-state index contributed by atoms with van der Waals surface area (Å²) in [5.74, 6) is -0.527. The lowest BCUT2D eigenvalue weighted by Gasteiger charge is -2.18. The van der Waals surface area contributed by atoms with Crippen molar-refractivity contribution >= 4 is 46.4 Å². The standard InChI is InChI=1S/C18H19ClN4O2S/c1-12(24)20-16(13-6-3-2-4-7-13)11-17(25)22-23-18(26)21-15-9-5-8-14(19)10-15/h2-10,16H,11H2,1H3,(H,20,24)(H,22,25)(H2,21,23,26)/t16-/m0/s1. The summed E-state index contributed by atoms with van der Waals surface area (Å²) in [7, 11) is 0. The highest BCUT2D eigenvalue weighted by Crippen LogP contribution is 2.16. The van der Waals surface area contributed by atoms with Gasteiger partial charge in [-0.05, 0) is 36.0 Å². The number of anilines is 1. The van der Waals surface area contributed by atoms with Crippen LogP contribution in [-0.2, 0) is 9.59 Å². The number of thiocarbonyl (C=S) groups is 1. The quantitative estimate of drug-likeness (QED) is 0.466. The Kier molecular flexibility index (Phi) is 7.37. The Morgan fingerprint density at radius 2 is 1.81 bits per heavy atom. The molecule has 2 amide bonds. The molecule has 0 bridgehead atoms. The summed E-state index contributed by atoms with van der Waals surface area (Å²) in [5.41, 5.74) is 6.68. The zero-order valence-corrected chi connectivity index (χ0v) is 15.7. The Morgan fingerprint density at radius 3 is 2.46 bits per heavy atom. The first-order valence-electron chi connectivity index (χ1n) is 7.87. The van der Waals surface area contributed by atoms with Crippen LogP contribution in [0.15, 0.2) is 54.6 Å². The molecular weight excluding hydrogens is 372 g/mol. The van der Waals surface area contributed by atoms with Gasteiger partial charge in [0.05, 0.1) is 12.5 Å². The lowest BCUT2D eigenvalue weighted by molar-refractivity contribution is -0.123. The Morgan fingerprint density at radius 1 is 1.08 bits per heavy atom. The number of hydrazine groups is 1. The third kappa shape index (κ3) is 6.70. The van der Waals surface area contributed by atoms with Crippen LogP contribution < -0.4 is 21.5 Å². The SMILES string of the molecule is CC(=O)N[C@@H](CC(=O)NNC(=S)Nc1cccc(Cl)c1)c1ccccc1. The molecular formula is C18H19ClN4O2S. The van der Waals surface area contributed by atoms with Crippen molar-refractivity contribution in [2.75, 3.05) is 5.32 Å². The molecule has 0 heterocycles. The van der Waals surface area contributed by atoms with Crippen LogP contribution in [0.3, 0.4) is 0 Å². The zero-order chi connectivity index (χ0) is 18.9. The highest BCUT2D eigenvalue weighted by molar-refractivity contribution is 7.80. The van der Waals surface area contributed by atoms with E-state index in [9.17, 15) is 9.59 Å². The van der Waals surface area contributed by atoms with E-state index in [-0.39, 0.29) is 23.3 Å². The third-order valence-corrected chi connectivity index (χ3v) is 3.81. The highest BCUT2D eigenvalue weighted by atomic mass is 35.5. The summed E-state index contributed by atoms with van der Waals surface area (Å²) in [6.45, 7) is 1.41. The molecule has 0 spiro atoms. The average Bonchev–Trinajstić information content (AvgIpc) is 2.60. The lowest BCUT2D eigenvalue weighted by Crippen LogP contribution is -2.45. The van der Waals surface area contributed by atoms with Crippen molar-refractivity contribution in [3.8, 4) is 0 Å². The van der Waals surface area contributed by atoms with Crippen LogP contribution in [0.5, 0.6) is 0 Å². The first kappa shape index (κ1) is 19.7. The molecule has 26 heavy (non-hydrogen) atoms. The molecule has 2 aromatic rings. The monoisotopic (exact) mass is 390 g/mol. The summed E-state index contributed by atoms with van der Waals surface area (Å²) >= 11 is 11.0.